The predicted molar refractivity (Wildman–Crippen MR) is 73.6 cm³/mol. The maximum atomic E-state index is 5.38. The Balaban J connectivity index is 2.74. The van der Waals surface area contributed by atoms with Crippen LogP contribution in [0.15, 0.2) is 36.4 Å². The molecule has 1 N–H and O–H groups in total. The molecule has 1 aromatic rings. The van der Waals surface area contributed by atoms with Crippen molar-refractivity contribution in [1.82, 2.24) is 5.32 Å². The van der Waals surface area contributed by atoms with Gasteiger partial charge in [0.05, 0.1) is 7.11 Å². The Labute approximate surface area is 105 Å². The Hall–Kier alpha value is -1.28. The number of para-hydroxylation sites is 1. The third kappa shape index (κ3) is 4.61. The zero-order chi connectivity index (χ0) is 12.7. The van der Waals surface area contributed by atoms with E-state index in [1.54, 1.807) is 7.11 Å². The molecular formula is C15H23NO. The van der Waals surface area contributed by atoms with E-state index in [-0.39, 0.29) is 0 Å². The van der Waals surface area contributed by atoms with Crippen LogP contribution in [0.5, 0.6) is 5.75 Å². The van der Waals surface area contributed by atoms with Crippen LogP contribution >= 0.6 is 0 Å². The molecule has 0 spiro atoms. The second-order valence-corrected chi connectivity index (χ2v) is 4.43. The molecule has 1 aromatic carbocycles. The second kappa shape index (κ2) is 7.13. The van der Waals surface area contributed by atoms with E-state index in [1.807, 2.05) is 12.1 Å². The number of hydrogen-bond acceptors (Lipinski definition) is 2. The molecule has 0 saturated heterocycles. The van der Waals surface area contributed by atoms with Gasteiger partial charge in [0.25, 0.3) is 0 Å². The topological polar surface area (TPSA) is 21.3 Å². The first-order valence-corrected chi connectivity index (χ1v) is 6.17. The van der Waals surface area contributed by atoms with Crippen LogP contribution < -0.4 is 10.1 Å². The van der Waals surface area contributed by atoms with Crippen LogP contribution in [-0.4, -0.2) is 19.7 Å². The van der Waals surface area contributed by atoms with Crippen molar-refractivity contribution in [2.75, 3.05) is 13.7 Å². The Morgan fingerprint density at radius 1 is 1.41 bits per heavy atom. The molecule has 0 aliphatic rings. The van der Waals surface area contributed by atoms with Crippen LogP contribution in [0.1, 0.15) is 25.8 Å². The first-order valence-electron chi connectivity index (χ1n) is 6.17. The highest BCUT2D eigenvalue weighted by molar-refractivity contribution is 5.34. The first kappa shape index (κ1) is 13.8. The molecule has 0 bridgehead atoms. The van der Waals surface area contributed by atoms with Crippen molar-refractivity contribution >= 4 is 0 Å². The van der Waals surface area contributed by atoms with Crippen LogP contribution in [0, 0.1) is 0 Å². The third-order valence-corrected chi connectivity index (χ3v) is 2.75. The fourth-order valence-electron chi connectivity index (χ4n) is 2.06. The standard InChI is InChI=1S/C15H23NO/c1-5-16-14(10-12(2)3)11-13-8-6-7-9-15(13)17-4/h6-9,14,16H,2,5,10-11H2,1,3-4H3. The van der Waals surface area contributed by atoms with Crippen molar-refractivity contribution in [2.45, 2.75) is 32.7 Å². The van der Waals surface area contributed by atoms with E-state index in [0.717, 1.165) is 25.1 Å². The lowest BCUT2D eigenvalue weighted by atomic mass is 9.99. The van der Waals surface area contributed by atoms with Gasteiger partial charge in [-0.05, 0) is 37.9 Å². The number of methoxy groups -OCH3 is 1. The quantitative estimate of drug-likeness (QED) is 0.730. The summed E-state index contributed by atoms with van der Waals surface area (Å²) in [5.41, 5.74) is 2.47. The van der Waals surface area contributed by atoms with Gasteiger partial charge in [0.15, 0.2) is 0 Å². The van der Waals surface area contributed by atoms with Gasteiger partial charge in [-0.25, -0.2) is 0 Å². The maximum Gasteiger partial charge on any atom is 0.122 e. The summed E-state index contributed by atoms with van der Waals surface area (Å²) in [7, 11) is 1.72. The highest BCUT2D eigenvalue weighted by Gasteiger charge is 2.11. The molecule has 0 aromatic heterocycles. The van der Waals surface area contributed by atoms with E-state index in [1.165, 1.54) is 11.1 Å². The summed E-state index contributed by atoms with van der Waals surface area (Å²) in [5, 5.41) is 3.50. The Bertz CT molecular complexity index is 360. The van der Waals surface area contributed by atoms with E-state index in [9.17, 15) is 0 Å². The van der Waals surface area contributed by atoms with E-state index in [4.69, 9.17) is 4.74 Å². The summed E-state index contributed by atoms with van der Waals surface area (Å²) in [5.74, 6) is 0.970. The number of ether oxygens (including phenoxy) is 1. The Kier molecular flexibility index (Phi) is 5.78. The molecule has 0 fully saturated rings. The molecule has 0 heterocycles. The van der Waals surface area contributed by atoms with Gasteiger partial charge in [0.2, 0.25) is 0 Å². The minimum absolute atomic E-state index is 0.439. The fraction of sp³-hybridized carbons (Fsp3) is 0.467. The predicted octanol–water partition coefficient (Wildman–Crippen LogP) is 3.18. The van der Waals surface area contributed by atoms with Crippen molar-refractivity contribution in [3.8, 4) is 5.75 Å². The Morgan fingerprint density at radius 2 is 2.12 bits per heavy atom. The van der Waals surface area contributed by atoms with Crippen molar-refractivity contribution < 1.29 is 4.74 Å². The SMILES string of the molecule is C=C(C)CC(Cc1ccccc1OC)NCC. The highest BCUT2D eigenvalue weighted by Crippen LogP contribution is 2.20. The average Bonchev–Trinajstić information content (AvgIpc) is 2.29. The lowest BCUT2D eigenvalue weighted by Crippen LogP contribution is -2.31. The zero-order valence-corrected chi connectivity index (χ0v) is 11.1. The molecule has 1 atom stereocenters. The molecule has 1 unspecified atom stereocenters. The molecule has 0 saturated carbocycles. The summed E-state index contributed by atoms with van der Waals surface area (Å²) < 4.78 is 5.38. The monoisotopic (exact) mass is 233 g/mol. The van der Waals surface area contributed by atoms with Gasteiger partial charge < -0.3 is 10.1 Å². The average molecular weight is 233 g/mol. The van der Waals surface area contributed by atoms with Crippen LogP contribution in [0.2, 0.25) is 0 Å². The lowest BCUT2D eigenvalue weighted by molar-refractivity contribution is 0.404. The van der Waals surface area contributed by atoms with Crippen LogP contribution in [0.3, 0.4) is 0 Å². The molecule has 0 radical (unpaired) electrons. The summed E-state index contributed by atoms with van der Waals surface area (Å²) in [6.45, 7) is 9.18. The molecular weight excluding hydrogens is 210 g/mol. The van der Waals surface area contributed by atoms with Crippen molar-refractivity contribution in [3.05, 3.63) is 42.0 Å². The fourth-order valence-corrected chi connectivity index (χ4v) is 2.06. The normalized spacial score (nSPS) is 12.2. The largest absolute Gasteiger partial charge is 0.496 e. The molecule has 1 rings (SSSR count). The minimum atomic E-state index is 0.439. The van der Waals surface area contributed by atoms with Gasteiger partial charge in [0, 0.05) is 6.04 Å². The molecule has 0 amide bonds. The molecule has 0 aliphatic carbocycles. The number of benzene rings is 1. The van der Waals surface area contributed by atoms with Crippen LogP contribution in [-0.2, 0) is 6.42 Å². The maximum absolute atomic E-state index is 5.38. The number of rotatable bonds is 7. The van der Waals surface area contributed by atoms with Gasteiger partial charge in [-0.1, -0.05) is 30.7 Å². The Morgan fingerprint density at radius 3 is 2.71 bits per heavy atom. The summed E-state index contributed by atoms with van der Waals surface area (Å²) >= 11 is 0. The molecule has 17 heavy (non-hydrogen) atoms. The molecule has 94 valence electrons. The lowest BCUT2D eigenvalue weighted by Gasteiger charge is -2.19. The van der Waals surface area contributed by atoms with Gasteiger partial charge in [-0.3, -0.25) is 0 Å². The number of hydrogen-bond donors (Lipinski definition) is 1. The second-order valence-electron chi connectivity index (χ2n) is 4.43. The third-order valence-electron chi connectivity index (χ3n) is 2.75. The van der Waals surface area contributed by atoms with Gasteiger partial charge in [0.1, 0.15) is 5.75 Å². The minimum Gasteiger partial charge on any atom is -0.496 e. The van der Waals surface area contributed by atoms with Crippen molar-refractivity contribution in [2.24, 2.45) is 0 Å². The van der Waals surface area contributed by atoms with E-state index >= 15 is 0 Å². The molecule has 2 heteroatoms. The van der Waals surface area contributed by atoms with Crippen LogP contribution in [0.25, 0.3) is 0 Å². The summed E-state index contributed by atoms with van der Waals surface area (Å²) in [4.78, 5) is 0. The van der Waals surface area contributed by atoms with Crippen molar-refractivity contribution in [3.63, 3.8) is 0 Å². The smallest absolute Gasteiger partial charge is 0.122 e. The van der Waals surface area contributed by atoms with E-state index < -0.39 is 0 Å². The number of likely N-dealkylation sites (N-methyl/N-ethyl adjacent to an activating group) is 1. The summed E-state index contributed by atoms with van der Waals surface area (Å²) in [6.07, 6.45) is 1.98. The molecule has 2 nitrogen and oxygen atoms in total. The van der Waals surface area contributed by atoms with Crippen molar-refractivity contribution in [1.29, 1.82) is 0 Å². The first-order chi connectivity index (χ1) is 8.17. The zero-order valence-electron chi connectivity index (χ0n) is 11.1. The summed E-state index contributed by atoms with van der Waals surface area (Å²) in [6, 6.07) is 8.64. The van der Waals surface area contributed by atoms with Gasteiger partial charge >= 0.3 is 0 Å². The van der Waals surface area contributed by atoms with Crippen LogP contribution in [0.4, 0.5) is 0 Å². The van der Waals surface area contributed by atoms with Gasteiger partial charge in [-0.2, -0.15) is 0 Å². The van der Waals surface area contributed by atoms with Gasteiger partial charge in [-0.15, -0.1) is 6.58 Å². The van der Waals surface area contributed by atoms with E-state index in [2.05, 4.69) is 37.9 Å². The highest BCUT2D eigenvalue weighted by atomic mass is 16.5. The van der Waals surface area contributed by atoms with E-state index in [0.29, 0.717) is 6.04 Å². The number of nitrogens with one attached hydrogen (secondary N) is 1. The molecule has 0 aliphatic heterocycles.